The molecule has 2 aromatic rings. The molecule has 0 saturated carbocycles. The topological polar surface area (TPSA) is 42.4 Å². The van der Waals surface area contributed by atoms with Gasteiger partial charge in [-0.25, -0.2) is 0 Å². The fourth-order valence-corrected chi connectivity index (χ4v) is 1.85. The van der Waals surface area contributed by atoms with Gasteiger partial charge in [-0.2, -0.15) is 0 Å². The highest BCUT2D eigenvalue weighted by Gasteiger charge is 2.04. The Balaban J connectivity index is 2.17. The van der Waals surface area contributed by atoms with E-state index in [-0.39, 0.29) is 0 Å². The minimum absolute atomic E-state index is 0.555. The fourth-order valence-electron chi connectivity index (χ4n) is 1.35. The summed E-state index contributed by atoms with van der Waals surface area (Å²) < 4.78 is 6.74. The Bertz CT molecular complexity index is 497. The van der Waals surface area contributed by atoms with Crippen LogP contribution in [0.3, 0.4) is 0 Å². The van der Waals surface area contributed by atoms with Crippen LogP contribution >= 0.6 is 22.6 Å². The van der Waals surface area contributed by atoms with Gasteiger partial charge in [0.1, 0.15) is 11.5 Å². The lowest BCUT2D eigenvalue weighted by atomic mass is 10.2. The quantitative estimate of drug-likeness (QED) is 0.869. The molecule has 0 saturated heterocycles. The predicted octanol–water partition coefficient (Wildman–Crippen LogP) is 3.53. The van der Waals surface area contributed by atoms with Crippen molar-refractivity contribution in [1.29, 1.82) is 0 Å². The van der Waals surface area contributed by atoms with Crippen LogP contribution in [0.25, 0.3) is 0 Å². The van der Waals surface area contributed by atoms with Crippen molar-refractivity contribution in [2.75, 3.05) is 0 Å². The van der Waals surface area contributed by atoms with E-state index in [4.69, 9.17) is 4.74 Å². The van der Waals surface area contributed by atoms with Crippen molar-refractivity contribution < 1.29 is 9.84 Å². The maximum Gasteiger partial charge on any atom is 0.145 e. The number of rotatable bonds is 3. The molecule has 0 amide bonds. The first-order valence-corrected chi connectivity index (χ1v) is 6.31. The van der Waals surface area contributed by atoms with Gasteiger partial charge < -0.3 is 9.84 Å². The monoisotopic (exact) mass is 341 g/mol. The number of aliphatic hydroxyl groups excluding tert-OH is 1. The number of pyridine rings is 1. The van der Waals surface area contributed by atoms with Gasteiger partial charge in [0.15, 0.2) is 0 Å². The van der Waals surface area contributed by atoms with E-state index in [2.05, 4.69) is 27.6 Å². The van der Waals surface area contributed by atoms with Crippen LogP contribution in [-0.4, -0.2) is 10.1 Å². The summed E-state index contributed by atoms with van der Waals surface area (Å²) in [5, 5.41) is 9.34. The summed E-state index contributed by atoms with van der Waals surface area (Å²) in [6.07, 6.45) is 1.06. The number of hydrogen-bond acceptors (Lipinski definition) is 3. The lowest BCUT2D eigenvalue weighted by Crippen LogP contribution is -1.95. The van der Waals surface area contributed by atoms with Crippen molar-refractivity contribution in [1.82, 2.24) is 4.98 Å². The van der Waals surface area contributed by atoms with E-state index in [1.807, 2.05) is 24.3 Å². The maximum atomic E-state index is 9.34. The lowest BCUT2D eigenvalue weighted by molar-refractivity contribution is 0.194. The third-order valence-electron chi connectivity index (χ3n) is 2.25. The number of hydrogen-bond donors (Lipinski definition) is 1. The third-order valence-corrected chi connectivity index (χ3v) is 3.14. The van der Waals surface area contributed by atoms with Crippen molar-refractivity contribution in [2.45, 2.75) is 13.0 Å². The minimum Gasteiger partial charge on any atom is -0.455 e. The Morgan fingerprint density at radius 1 is 1.24 bits per heavy atom. The molecule has 0 aliphatic carbocycles. The first-order valence-electron chi connectivity index (χ1n) is 5.23. The Morgan fingerprint density at radius 2 is 2.00 bits per heavy atom. The van der Waals surface area contributed by atoms with Gasteiger partial charge in [-0.15, -0.1) is 0 Å². The van der Waals surface area contributed by atoms with Gasteiger partial charge in [0.25, 0.3) is 0 Å². The smallest absolute Gasteiger partial charge is 0.145 e. The molecule has 0 radical (unpaired) electrons. The molecule has 0 spiro atoms. The molecule has 88 valence electrons. The fraction of sp³-hybridized carbons (Fsp3) is 0.154. The summed E-state index contributed by atoms with van der Waals surface area (Å²) >= 11 is 2.22. The first kappa shape index (κ1) is 12.3. The summed E-state index contributed by atoms with van der Waals surface area (Å²) in [4.78, 5) is 4.13. The number of para-hydroxylation sites is 1. The summed E-state index contributed by atoms with van der Waals surface area (Å²) in [6, 6.07) is 11.3. The Labute approximate surface area is 114 Å². The zero-order valence-corrected chi connectivity index (χ0v) is 11.5. The molecule has 1 heterocycles. The zero-order valence-electron chi connectivity index (χ0n) is 9.30. The summed E-state index contributed by atoms with van der Waals surface area (Å²) in [5.74, 6) is 1.47. The van der Waals surface area contributed by atoms with E-state index >= 15 is 0 Å². The molecule has 0 unspecified atom stereocenters. The number of nitrogens with zero attached hydrogens (tertiary/aromatic N) is 1. The number of benzene rings is 1. The zero-order chi connectivity index (χ0) is 12.3. The van der Waals surface area contributed by atoms with Crippen LogP contribution in [0.2, 0.25) is 0 Å². The second-order valence-corrected chi connectivity index (χ2v) is 4.79. The number of halogens is 1. The van der Waals surface area contributed by atoms with Crippen molar-refractivity contribution in [2.24, 2.45) is 0 Å². The Hall–Kier alpha value is -1.14. The van der Waals surface area contributed by atoms with E-state index < -0.39 is 6.10 Å². The number of aliphatic hydroxyl groups is 1. The molecule has 0 fully saturated rings. The standard InChI is InChI=1S/C13H12INO2/c1-9(16)12-7-6-10(8-15-12)17-13-5-3-2-4-11(13)14/h2-9,16H,1H3/t9-/m0/s1. The average molecular weight is 341 g/mol. The normalized spacial score (nSPS) is 12.2. The van der Waals surface area contributed by atoms with Crippen LogP contribution in [0.15, 0.2) is 42.6 Å². The van der Waals surface area contributed by atoms with Crippen molar-refractivity contribution >= 4 is 22.6 Å². The Kier molecular flexibility index (Phi) is 3.96. The molecular formula is C13H12INO2. The van der Waals surface area contributed by atoms with Gasteiger partial charge in [0.2, 0.25) is 0 Å². The first-order chi connectivity index (χ1) is 8.16. The molecule has 1 N–H and O–H groups in total. The van der Waals surface area contributed by atoms with Gasteiger partial charge in [-0.05, 0) is 53.8 Å². The van der Waals surface area contributed by atoms with E-state index in [0.29, 0.717) is 11.4 Å². The van der Waals surface area contributed by atoms with Crippen molar-refractivity contribution in [3.05, 3.63) is 51.9 Å². The number of aromatic nitrogens is 1. The van der Waals surface area contributed by atoms with E-state index in [0.717, 1.165) is 9.32 Å². The SMILES string of the molecule is C[C@H](O)c1ccc(Oc2ccccc2I)cn1. The van der Waals surface area contributed by atoms with E-state index in [1.54, 1.807) is 25.3 Å². The molecule has 2 rings (SSSR count). The average Bonchev–Trinajstić information content (AvgIpc) is 2.33. The van der Waals surface area contributed by atoms with Crippen LogP contribution < -0.4 is 4.74 Å². The van der Waals surface area contributed by atoms with E-state index in [9.17, 15) is 5.11 Å². The van der Waals surface area contributed by atoms with Gasteiger partial charge in [0.05, 0.1) is 21.6 Å². The van der Waals surface area contributed by atoms with E-state index in [1.165, 1.54) is 0 Å². The van der Waals surface area contributed by atoms with Crippen molar-refractivity contribution in [3.8, 4) is 11.5 Å². The molecule has 4 heteroatoms. The second-order valence-electron chi connectivity index (χ2n) is 3.63. The number of ether oxygens (including phenoxy) is 1. The minimum atomic E-state index is -0.555. The maximum absolute atomic E-state index is 9.34. The van der Waals surface area contributed by atoms with Gasteiger partial charge >= 0.3 is 0 Å². The van der Waals surface area contributed by atoms with Crippen LogP contribution in [0.1, 0.15) is 18.7 Å². The van der Waals surface area contributed by atoms with Gasteiger partial charge in [-0.3, -0.25) is 4.98 Å². The Morgan fingerprint density at radius 3 is 2.59 bits per heavy atom. The summed E-state index contributed by atoms with van der Waals surface area (Å²) in [5.41, 5.74) is 0.639. The molecule has 0 aliphatic rings. The van der Waals surface area contributed by atoms with Crippen LogP contribution in [0.4, 0.5) is 0 Å². The van der Waals surface area contributed by atoms with Gasteiger partial charge in [0, 0.05) is 0 Å². The summed E-state index contributed by atoms with van der Waals surface area (Å²) in [7, 11) is 0. The van der Waals surface area contributed by atoms with Crippen LogP contribution in [0.5, 0.6) is 11.5 Å². The largest absolute Gasteiger partial charge is 0.455 e. The van der Waals surface area contributed by atoms with Crippen LogP contribution in [-0.2, 0) is 0 Å². The highest BCUT2D eigenvalue weighted by atomic mass is 127. The highest BCUT2D eigenvalue weighted by molar-refractivity contribution is 14.1. The molecule has 17 heavy (non-hydrogen) atoms. The van der Waals surface area contributed by atoms with Crippen molar-refractivity contribution in [3.63, 3.8) is 0 Å². The molecule has 3 nitrogen and oxygen atoms in total. The highest BCUT2D eigenvalue weighted by Crippen LogP contribution is 2.26. The summed E-state index contributed by atoms with van der Waals surface area (Å²) in [6.45, 7) is 1.68. The second kappa shape index (κ2) is 5.46. The molecule has 0 aliphatic heterocycles. The van der Waals surface area contributed by atoms with Crippen LogP contribution in [0, 0.1) is 3.57 Å². The molecule has 0 bridgehead atoms. The van der Waals surface area contributed by atoms with Gasteiger partial charge in [-0.1, -0.05) is 12.1 Å². The third kappa shape index (κ3) is 3.17. The molecule has 1 aromatic carbocycles. The predicted molar refractivity (Wildman–Crippen MR) is 74.1 cm³/mol. The molecule has 1 aromatic heterocycles. The molecule has 1 atom stereocenters. The lowest BCUT2D eigenvalue weighted by Gasteiger charge is -2.08. The molecular weight excluding hydrogens is 329 g/mol.